The Balaban J connectivity index is 1.63. The van der Waals surface area contributed by atoms with Crippen LogP contribution in [-0.4, -0.2) is 22.2 Å². The molecule has 0 bridgehead atoms. The molecule has 3 rings (SSSR count). The highest BCUT2D eigenvalue weighted by Gasteiger charge is 2.32. The zero-order valence-corrected chi connectivity index (χ0v) is 14.7. The SMILES string of the molecule is CC(C)(C)n1nc(C(=O)NCCc2ccc(N)cc2)cc1C1CC1. The Labute approximate surface area is 143 Å². The van der Waals surface area contributed by atoms with E-state index < -0.39 is 0 Å². The first-order valence-corrected chi connectivity index (χ1v) is 8.57. The highest BCUT2D eigenvalue weighted by molar-refractivity contribution is 5.92. The predicted molar refractivity (Wildman–Crippen MR) is 96.1 cm³/mol. The molecule has 1 fully saturated rings. The van der Waals surface area contributed by atoms with Gasteiger partial charge in [0, 0.05) is 23.8 Å². The van der Waals surface area contributed by atoms with Gasteiger partial charge in [0.15, 0.2) is 0 Å². The molecule has 3 N–H and O–H groups in total. The first kappa shape index (κ1) is 16.6. The van der Waals surface area contributed by atoms with Crippen LogP contribution in [0.15, 0.2) is 30.3 Å². The van der Waals surface area contributed by atoms with Gasteiger partial charge in [0.2, 0.25) is 0 Å². The average molecular weight is 326 g/mol. The number of hydrogen-bond donors (Lipinski definition) is 2. The molecule has 1 amide bonds. The highest BCUT2D eigenvalue weighted by Crippen LogP contribution is 2.41. The smallest absolute Gasteiger partial charge is 0.271 e. The molecule has 0 spiro atoms. The molecule has 0 saturated heterocycles. The Morgan fingerprint density at radius 3 is 2.54 bits per heavy atom. The molecule has 5 nitrogen and oxygen atoms in total. The van der Waals surface area contributed by atoms with Gasteiger partial charge in [-0.15, -0.1) is 0 Å². The van der Waals surface area contributed by atoms with Gasteiger partial charge in [-0.2, -0.15) is 5.10 Å². The van der Waals surface area contributed by atoms with Crippen LogP contribution in [0.3, 0.4) is 0 Å². The van der Waals surface area contributed by atoms with E-state index in [4.69, 9.17) is 5.73 Å². The highest BCUT2D eigenvalue weighted by atomic mass is 16.1. The van der Waals surface area contributed by atoms with E-state index in [9.17, 15) is 4.79 Å². The molecule has 0 radical (unpaired) electrons. The molecular weight excluding hydrogens is 300 g/mol. The Morgan fingerprint density at radius 2 is 1.96 bits per heavy atom. The molecule has 2 aromatic rings. The van der Waals surface area contributed by atoms with E-state index in [0.29, 0.717) is 18.2 Å². The summed E-state index contributed by atoms with van der Waals surface area (Å²) in [5, 5.41) is 7.54. The van der Waals surface area contributed by atoms with Crippen molar-refractivity contribution in [2.24, 2.45) is 0 Å². The number of nitrogen functional groups attached to an aromatic ring is 1. The van der Waals surface area contributed by atoms with Crippen molar-refractivity contribution in [3.05, 3.63) is 47.3 Å². The van der Waals surface area contributed by atoms with E-state index in [1.807, 2.05) is 35.0 Å². The maximum absolute atomic E-state index is 12.4. The van der Waals surface area contributed by atoms with Gasteiger partial charge in [0.25, 0.3) is 5.91 Å². The molecule has 1 aliphatic rings. The van der Waals surface area contributed by atoms with Crippen molar-refractivity contribution in [2.75, 3.05) is 12.3 Å². The van der Waals surface area contributed by atoms with E-state index in [0.717, 1.165) is 17.7 Å². The minimum atomic E-state index is -0.111. The second-order valence-corrected chi connectivity index (χ2v) is 7.56. The summed E-state index contributed by atoms with van der Waals surface area (Å²) in [5.41, 5.74) is 9.18. The van der Waals surface area contributed by atoms with Crippen LogP contribution in [0.5, 0.6) is 0 Å². The summed E-state index contributed by atoms with van der Waals surface area (Å²) in [5.74, 6) is 0.461. The fourth-order valence-corrected chi connectivity index (χ4v) is 2.81. The van der Waals surface area contributed by atoms with Gasteiger partial charge in [0.05, 0.1) is 5.54 Å². The second kappa shape index (κ2) is 6.30. The maximum Gasteiger partial charge on any atom is 0.271 e. The van der Waals surface area contributed by atoms with E-state index in [1.54, 1.807) is 0 Å². The lowest BCUT2D eigenvalue weighted by atomic mass is 10.1. The summed E-state index contributed by atoms with van der Waals surface area (Å²) in [7, 11) is 0. The van der Waals surface area contributed by atoms with Crippen LogP contribution in [0.2, 0.25) is 0 Å². The molecule has 0 unspecified atom stereocenters. The minimum Gasteiger partial charge on any atom is -0.399 e. The Hall–Kier alpha value is -2.30. The lowest BCUT2D eigenvalue weighted by Crippen LogP contribution is -2.28. The molecule has 1 aromatic carbocycles. The Kier molecular flexibility index (Phi) is 4.35. The first-order chi connectivity index (χ1) is 11.3. The predicted octanol–water partition coefficient (Wildman–Crippen LogP) is 3.07. The van der Waals surface area contributed by atoms with E-state index >= 15 is 0 Å². The number of nitrogens with two attached hydrogens (primary N) is 1. The molecule has 128 valence electrons. The molecule has 24 heavy (non-hydrogen) atoms. The molecule has 0 atom stereocenters. The largest absolute Gasteiger partial charge is 0.399 e. The summed E-state index contributed by atoms with van der Waals surface area (Å²) in [4.78, 5) is 12.4. The Bertz CT molecular complexity index is 721. The van der Waals surface area contributed by atoms with Gasteiger partial charge < -0.3 is 11.1 Å². The van der Waals surface area contributed by atoms with E-state index in [2.05, 4.69) is 31.2 Å². The molecule has 1 aromatic heterocycles. The fourth-order valence-electron chi connectivity index (χ4n) is 2.81. The van der Waals surface area contributed by atoms with Crippen LogP contribution in [0.1, 0.15) is 61.3 Å². The van der Waals surface area contributed by atoms with E-state index in [1.165, 1.54) is 18.5 Å². The van der Waals surface area contributed by atoms with Crippen molar-refractivity contribution >= 4 is 11.6 Å². The summed E-state index contributed by atoms with van der Waals surface area (Å²) in [6, 6.07) is 9.69. The van der Waals surface area contributed by atoms with Crippen molar-refractivity contribution < 1.29 is 4.79 Å². The second-order valence-electron chi connectivity index (χ2n) is 7.56. The van der Waals surface area contributed by atoms with Gasteiger partial charge in [-0.1, -0.05) is 12.1 Å². The van der Waals surface area contributed by atoms with Gasteiger partial charge in [-0.3, -0.25) is 9.48 Å². The maximum atomic E-state index is 12.4. The minimum absolute atomic E-state index is 0.102. The van der Waals surface area contributed by atoms with Crippen LogP contribution in [0.25, 0.3) is 0 Å². The monoisotopic (exact) mass is 326 g/mol. The Morgan fingerprint density at radius 1 is 1.29 bits per heavy atom. The molecule has 5 heteroatoms. The van der Waals surface area contributed by atoms with Crippen molar-refractivity contribution in [2.45, 2.75) is 51.5 Å². The van der Waals surface area contributed by atoms with Crippen molar-refractivity contribution in [1.82, 2.24) is 15.1 Å². The summed E-state index contributed by atoms with van der Waals surface area (Å²) in [6.07, 6.45) is 3.17. The first-order valence-electron chi connectivity index (χ1n) is 8.57. The van der Waals surface area contributed by atoms with Crippen LogP contribution in [0, 0.1) is 0 Å². The number of amides is 1. The van der Waals surface area contributed by atoms with Gasteiger partial charge >= 0.3 is 0 Å². The lowest BCUT2D eigenvalue weighted by molar-refractivity contribution is 0.0947. The van der Waals surface area contributed by atoms with Gasteiger partial charge in [-0.25, -0.2) is 0 Å². The third-order valence-corrected chi connectivity index (χ3v) is 4.28. The zero-order chi connectivity index (χ0) is 17.3. The van der Waals surface area contributed by atoms with Crippen molar-refractivity contribution in [3.63, 3.8) is 0 Å². The van der Waals surface area contributed by atoms with Gasteiger partial charge in [0.1, 0.15) is 5.69 Å². The molecule has 1 aliphatic carbocycles. The number of nitrogens with one attached hydrogen (secondary N) is 1. The number of carbonyl (C=O) groups is 1. The van der Waals surface area contributed by atoms with Gasteiger partial charge in [-0.05, 0) is 63.8 Å². The average Bonchev–Trinajstić information content (AvgIpc) is 3.26. The molecule has 1 saturated carbocycles. The topological polar surface area (TPSA) is 72.9 Å². The van der Waals surface area contributed by atoms with E-state index in [-0.39, 0.29) is 11.4 Å². The zero-order valence-electron chi connectivity index (χ0n) is 14.7. The third-order valence-electron chi connectivity index (χ3n) is 4.28. The van der Waals surface area contributed by atoms with Crippen LogP contribution < -0.4 is 11.1 Å². The number of anilines is 1. The van der Waals surface area contributed by atoms with Crippen molar-refractivity contribution in [3.8, 4) is 0 Å². The lowest BCUT2D eigenvalue weighted by Gasteiger charge is -2.22. The number of hydrogen-bond acceptors (Lipinski definition) is 3. The van der Waals surface area contributed by atoms with Crippen LogP contribution in [0.4, 0.5) is 5.69 Å². The number of rotatable bonds is 5. The molecular formula is C19H26N4O. The standard InChI is InChI=1S/C19H26N4O/c1-19(2,3)23-17(14-6-7-14)12-16(22-23)18(24)21-11-10-13-4-8-15(20)9-5-13/h4-5,8-9,12,14H,6-7,10-11,20H2,1-3H3,(H,21,24). The number of aromatic nitrogens is 2. The van der Waals surface area contributed by atoms with Crippen LogP contribution in [-0.2, 0) is 12.0 Å². The summed E-state index contributed by atoms with van der Waals surface area (Å²) >= 11 is 0. The van der Waals surface area contributed by atoms with Crippen molar-refractivity contribution in [1.29, 1.82) is 0 Å². The number of nitrogens with zero attached hydrogens (tertiary/aromatic N) is 2. The normalized spacial score (nSPS) is 14.6. The third kappa shape index (κ3) is 3.78. The summed E-state index contributed by atoms with van der Waals surface area (Å²) in [6.45, 7) is 6.95. The fraction of sp³-hybridized carbons (Fsp3) is 0.474. The number of benzene rings is 1. The number of carbonyl (C=O) groups excluding carboxylic acids is 1. The molecule has 0 aliphatic heterocycles. The summed E-state index contributed by atoms with van der Waals surface area (Å²) < 4.78 is 2.01. The molecule has 1 heterocycles. The van der Waals surface area contributed by atoms with Crippen LogP contribution >= 0.6 is 0 Å². The quantitative estimate of drug-likeness (QED) is 0.829.